The maximum Gasteiger partial charge on any atom is 0.142 e. The lowest BCUT2D eigenvalue weighted by Crippen LogP contribution is -2.04. The number of rotatable bonds is 2. The van der Waals surface area contributed by atoms with Gasteiger partial charge in [0.1, 0.15) is 17.7 Å². The van der Waals surface area contributed by atoms with Crippen molar-refractivity contribution in [3.8, 4) is 6.07 Å². The van der Waals surface area contributed by atoms with Crippen LogP contribution in [0.3, 0.4) is 0 Å². The first-order valence-corrected chi connectivity index (χ1v) is 5.87. The summed E-state index contributed by atoms with van der Waals surface area (Å²) in [5.74, 6) is -1.61. The molecule has 0 atom stereocenters. The Hall–Kier alpha value is -2.45. The van der Waals surface area contributed by atoms with Gasteiger partial charge >= 0.3 is 0 Å². The molecule has 0 aliphatic heterocycles. The Morgan fingerprint density at radius 1 is 1.30 bits per heavy atom. The van der Waals surface area contributed by atoms with Gasteiger partial charge in [-0.15, -0.1) is 0 Å². The quantitative estimate of drug-likeness (QED) is 0.681. The van der Waals surface area contributed by atoms with Crippen LogP contribution in [0.25, 0.3) is 11.3 Å². The second-order valence-corrected chi connectivity index (χ2v) is 4.30. The Balaban J connectivity index is 2.64. The number of nitrogens with two attached hydrogens (primary N) is 1. The summed E-state index contributed by atoms with van der Waals surface area (Å²) < 4.78 is 27.2. The summed E-state index contributed by atoms with van der Waals surface area (Å²) in [4.78, 5) is 3.85. The van der Waals surface area contributed by atoms with Crippen LogP contribution >= 0.6 is 11.6 Å². The van der Waals surface area contributed by atoms with E-state index in [0.717, 1.165) is 12.1 Å². The van der Waals surface area contributed by atoms with E-state index in [1.165, 1.54) is 12.4 Å². The molecule has 1 aromatic heterocycles. The molecule has 0 amide bonds. The molecule has 0 fully saturated rings. The fourth-order valence-corrected chi connectivity index (χ4v) is 1.80. The molecule has 1 heterocycles. The molecule has 0 spiro atoms. The smallest absolute Gasteiger partial charge is 0.142 e. The van der Waals surface area contributed by atoms with Crippen molar-refractivity contribution in [1.29, 1.82) is 5.26 Å². The Bertz CT molecular complexity index is 721. The minimum atomic E-state index is -0.811. The second-order valence-electron chi connectivity index (χ2n) is 3.89. The second kappa shape index (κ2) is 5.68. The third-order valence-corrected chi connectivity index (χ3v) is 2.92. The van der Waals surface area contributed by atoms with Crippen LogP contribution in [0.5, 0.6) is 0 Å². The molecule has 0 unspecified atom stereocenters. The van der Waals surface area contributed by atoms with E-state index in [9.17, 15) is 8.78 Å². The first kappa shape index (κ1) is 14.0. The van der Waals surface area contributed by atoms with Crippen molar-refractivity contribution in [3.63, 3.8) is 0 Å². The Morgan fingerprint density at radius 3 is 2.65 bits per heavy atom. The van der Waals surface area contributed by atoms with Gasteiger partial charge in [0, 0.05) is 23.5 Å². The highest BCUT2D eigenvalue weighted by Crippen LogP contribution is 2.27. The third kappa shape index (κ3) is 2.60. The predicted molar refractivity (Wildman–Crippen MR) is 72.2 cm³/mol. The molecule has 2 aromatic rings. The van der Waals surface area contributed by atoms with E-state index in [0.29, 0.717) is 5.56 Å². The number of nitrogens with zero attached hydrogens (tertiary/aromatic N) is 2. The van der Waals surface area contributed by atoms with Crippen LogP contribution in [-0.4, -0.2) is 4.98 Å². The van der Waals surface area contributed by atoms with Crippen molar-refractivity contribution in [2.45, 2.75) is 0 Å². The van der Waals surface area contributed by atoms with Gasteiger partial charge < -0.3 is 5.73 Å². The first-order chi connectivity index (χ1) is 9.54. The highest BCUT2D eigenvalue weighted by atomic mass is 35.5. The van der Waals surface area contributed by atoms with Crippen LogP contribution in [0.15, 0.2) is 36.7 Å². The number of benzene rings is 1. The lowest BCUT2D eigenvalue weighted by molar-refractivity contribution is 0.597. The minimum Gasteiger partial charge on any atom is -0.397 e. The van der Waals surface area contributed by atoms with Crippen LogP contribution in [-0.2, 0) is 0 Å². The molecule has 1 aromatic carbocycles. The average molecular weight is 292 g/mol. The van der Waals surface area contributed by atoms with Crippen molar-refractivity contribution in [1.82, 2.24) is 4.98 Å². The highest BCUT2D eigenvalue weighted by molar-refractivity contribution is 6.30. The fourth-order valence-electron chi connectivity index (χ4n) is 1.65. The van der Waals surface area contributed by atoms with E-state index >= 15 is 0 Å². The van der Waals surface area contributed by atoms with E-state index in [2.05, 4.69) is 4.98 Å². The highest BCUT2D eigenvalue weighted by Gasteiger charge is 2.15. The zero-order valence-electron chi connectivity index (χ0n) is 10.1. The first-order valence-electron chi connectivity index (χ1n) is 5.49. The van der Waals surface area contributed by atoms with Crippen LogP contribution < -0.4 is 5.73 Å². The van der Waals surface area contributed by atoms with Gasteiger partial charge in [0.25, 0.3) is 0 Å². The number of halogens is 3. The number of allylic oxidation sites excluding steroid dienone is 1. The van der Waals surface area contributed by atoms with Gasteiger partial charge in [-0.2, -0.15) is 5.26 Å². The Kier molecular flexibility index (Phi) is 3.97. The molecular formula is C14H8ClF2N3. The Morgan fingerprint density at radius 2 is 2.05 bits per heavy atom. The molecule has 2 N–H and O–H groups in total. The monoisotopic (exact) mass is 291 g/mol. The molecule has 2 rings (SSSR count). The molecule has 3 nitrogen and oxygen atoms in total. The third-order valence-electron chi connectivity index (χ3n) is 2.63. The van der Waals surface area contributed by atoms with Crippen molar-refractivity contribution < 1.29 is 8.78 Å². The van der Waals surface area contributed by atoms with Gasteiger partial charge in [0.2, 0.25) is 0 Å². The van der Waals surface area contributed by atoms with Gasteiger partial charge in [-0.1, -0.05) is 17.7 Å². The van der Waals surface area contributed by atoms with Crippen molar-refractivity contribution in [3.05, 3.63) is 64.4 Å². The molecule has 0 saturated carbocycles. The molecule has 0 aliphatic rings. The summed E-state index contributed by atoms with van der Waals surface area (Å²) in [5.41, 5.74) is 5.82. The number of hydrogen-bond donors (Lipinski definition) is 1. The summed E-state index contributed by atoms with van der Waals surface area (Å²) in [7, 11) is 0. The molecule has 20 heavy (non-hydrogen) atoms. The van der Waals surface area contributed by atoms with Crippen LogP contribution in [0, 0.1) is 23.0 Å². The van der Waals surface area contributed by atoms with Crippen LogP contribution in [0.1, 0.15) is 11.1 Å². The van der Waals surface area contributed by atoms with Gasteiger partial charge in [0.15, 0.2) is 0 Å². The molecule has 0 radical (unpaired) electrons. The number of nitriles is 1. The van der Waals surface area contributed by atoms with Crippen LogP contribution in [0.2, 0.25) is 5.02 Å². The van der Waals surface area contributed by atoms with E-state index in [1.807, 2.05) is 6.07 Å². The zero-order valence-corrected chi connectivity index (χ0v) is 10.8. The van der Waals surface area contributed by atoms with Crippen LogP contribution in [0.4, 0.5) is 8.78 Å². The lowest BCUT2D eigenvalue weighted by atomic mass is 10.0. The number of hydrogen-bond acceptors (Lipinski definition) is 3. The largest absolute Gasteiger partial charge is 0.397 e. The molecule has 6 heteroatoms. The number of aromatic nitrogens is 1. The molecule has 0 saturated heterocycles. The number of pyridine rings is 1. The summed E-state index contributed by atoms with van der Waals surface area (Å²) >= 11 is 5.47. The minimum absolute atomic E-state index is 0.0127. The predicted octanol–water partition coefficient (Wildman–Crippen LogP) is 3.36. The van der Waals surface area contributed by atoms with E-state index in [4.69, 9.17) is 22.6 Å². The summed E-state index contributed by atoms with van der Waals surface area (Å²) in [6.45, 7) is 0. The molecular weight excluding hydrogens is 284 g/mol. The topological polar surface area (TPSA) is 62.7 Å². The lowest BCUT2D eigenvalue weighted by Gasteiger charge is -2.08. The van der Waals surface area contributed by atoms with E-state index in [1.54, 1.807) is 12.1 Å². The van der Waals surface area contributed by atoms with Gasteiger partial charge in [-0.3, -0.25) is 4.98 Å². The fraction of sp³-hybridized carbons (Fsp3) is 0. The summed E-state index contributed by atoms with van der Waals surface area (Å²) in [6.07, 6.45) is 2.94. The maximum atomic E-state index is 13.8. The molecule has 0 bridgehead atoms. The standard InChI is InChI=1S/C14H8ClF2N3/c15-11-5-12(16)9(4-13(11)17)14(19)10(6-18)8-2-1-3-20-7-8/h1-5,7H,19H2/b14-10-. The zero-order chi connectivity index (χ0) is 14.7. The van der Waals surface area contributed by atoms with Gasteiger partial charge in [-0.05, 0) is 18.2 Å². The SMILES string of the molecule is N#C/C(=C(/N)c1cc(F)c(Cl)cc1F)c1cccnc1. The average Bonchev–Trinajstić information content (AvgIpc) is 2.44. The van der Waals surface area contributed by atoms with Crippen molar-refractivity contribution in [2.75, 3.05) is 0 Å². The summed E-state index contributed by atoms with van der Waals surface area (Å²) in [5, 5.41) is 8.82. The van der Waals surface area contributed by atoms with E-state index < -0.39 is 11.6 Å². The van der Waals surface area contributed by atoms with E-state index in [-0.39, 0.29) is 21.9 Å². The summed E-state index contributed by atoms with van der Waals surface area (Å²) in [6, 6.07) is 6.76. The van der Waals surface area contributed by atoms with Crippen molar-refractivity contribution >= 4 is 22.9 Å². The van der Waals surface area contributed by atoms with Gasteiger partial charge in [-0.25, -0.2) is 8.78 Å². The van der Waals surface area contributed by atoms with Gasteiger partial charge in [0.05, 0.1) is 16.3 Å². The maximum absolute atomic E-state index is 13.8. The van der Waals surface area contributed by atoms with Crippen molar-refractivity contribution in [2.24, 2.45) is 5.73 Å². The normalized spacial score (nSPS) is 11.7. The molecule has 0 aliphatic carbocycles. The Labute approximate surface area is 118 Å². The molecule has 100 valence electrons.